The predicted molar refractivity (Wildman–Crippen MR) is 90.0 cm³/mol. The van der Waals surface area contributed by atoms with E-state index in [4.69, 9.17) is 0 Å². The van der Waals surface area contributed by atoms with Crippen molar-refractivity contribution in [2.75, 3.05) is 26.7 Å². The number of aryl methyl sites for hydroxylation is 1. The van der Waals surface area contributed by atoms with Gasteiger partial charge in [-0.05, 0) is 26.7 Å². The van der Waals surface area contributed by atoms with Gasteiger partial charge in [0.05, 0.1) is 23.8 Å². The molecule has 1 aliphatic rings. The van der Waals surface area contributed by atoms with Gasteiger partial charge in [0, 0.05) is 31.4 Å². The summed E-state index contributed by atoms with van der Waals surface area (Å²) >= 11 is 1.66. The van der Waals surface area contributed by atoms with Gasteiger partial charge in [-0.1, -0.05) is 0 Å². The smallest absolute Gasteiger partial charge is 0.223 e. The molecule has 6 nitrogen and oxygen atoms in total. The first-order valence-corrected chi connectivity index (χ1v) is 8.66. The molecule has 0 aromatic carbocycles. The Bertz CT molecular complexity index is 524. The van der Waals surface area contributed by atoms with E-state index in [0.29, 0.717) is 13.1 Å². The van der Waals surface area contributed by atoms with Gasteiger partial charge in [0.2, 0.25) is 5.91 Å². The van der Waals surface area contributed by atoms with Gasteiger partial charge in [-0.15, -0.1) is 11.3 Å². The van der Waals surface area contributed by atoms with Gasteiger partial charge in [0.15, 0.2) is 5.96 Å². The van der Waals surface area contributed by atoms with Crippen LogP contribution >= 0.6 is 11.3 Å². The molecule has 22 heavy (non-hydrogen) atoms. The van der Waals surface area contributed by atoms with Gasteiger partial charge < -0.3 is 15.5 Å². The van der Waals surface area contributed by atoms with E-state index in [9.17, 15) is 4.79 Å². The second-order valence-corrected chi connectivity index (χ2v) is 6.58. The van der Waals surface area contributed by atoms with Crippen molar-refractivity contribution in [2.45, 2.75) is 33.2 Å². The van der Waals surface area contributed by atoms with E-state index in [-0.39, 0.29) is 11.8 Å². The average Bonchev–Trinajstić information content (AvgIpc) is 3.26. The summed E-state index contributed by atoms with van der Waals surface area (Å²) in [5.74, 6) is 1.27. The highest BCUT2D eigenvalue weighted by molar-refractivity contribution is 7.09. The maximum absolute atomic E-state index is 11.6. The van der Waals surface area contributed by atoms with E-state index in [1.807, 2.05) is 20.9 Å². The summed E-state index contributed by atoms with van der Waals surface area (Å²) in [6, 6.07) is 0. The summed E-state index contributed by atoms with van der Waals surface area (Å²) in [4.78, 5) is 22.7. The molecule has 0 unspecified atom stereocenters. The average molecular weight is 323 g/mol. The Hall–Kier alpha value is -1.63. The quantitative estimate of drug-likeness (QED) is 0.452. The van der Waals surface area contributed by atoms with E-state index in [0.717, 1.165) is 42.6 Å². The number of hydrogen-bond donors (Lipinski definition) is 2. The van der Waals surface area contributed by atoms with Crippen molar-refractivity contribution in [3.05, 3.63) is 16.1 Å². The number of thiazole rings is 1. The van der Waals surface area contributed by atoms with Crippen LogP contribution in [-0.2, 0) is 11.3 Å². The Morgan fingerprint density at radius 3 is 2.86 bits per heavy atom. The van der Waals surface area contributed by atoms with Gasteiger partial charge in [-0.25, -0.2) is 4.98 Å². The van der Waals surface area contributed by atoms with E-state index < -0.39 is 0 Å². The zero-order valence-electron chi connectivity index (χ0n) is 13.6. The SMILES string of the molecule is CCNC(=NCCNC(=O)C1CC1)N(C)Cc1csc(C)n1. The minimum absolute atomic E-state index is 0.173. The number of aromatic nitrogens is 1. The van der Waals surface area contributed by atoms with Crippen LogP contribution in [0.2, 0.25) is 0 Å². The lowest BCUT2D eigenvalue weighted by Crippen LogP contribution is -2.39. The van der Waals surface area contributed by atoms with Crippen LogP contribution in [0, 0.1) is 12.8 Å². The van der Waals surface area contributed by atoms with Crippen molar-refractivity contribution in [1.82, 2.24) is 20.5 Å². The highest BCUT2D eigenvalue weighted by Gasteiger charge is 2.28. The summed E-state index contributed by atoms with van der Waals surface area (Å²) in [5.41, 5.74) is 1.05. The molecule has 1 saturated carbocycles. The summed E-state index contributed by atoms with van der Waals surface area (Å²) in [5, 5.41) is 9.35. The fraction of sp³-hybridized carbons (Fsp3) is 0.667. The Kier molecular flexibility index (Phi) is 6.18. The van der Waals surface area contributed by atoms with Crippen LogP contribution in [0.5, 0.6) is 0 Å². The molecule has 1 amide bonds. The molecule has 0 spiro atoms. The maximum Gasteiger partial charge on any atom is 0.223 e. The fourth-order valence-electron chi connectivity index (χ4n) is 2.10. The number of nitrogens with zero attached hydrogens (tertiary/aromatic N) is 3. The first-order chi connectivity index (χ1) is 10.6. The Labute approximate surface area is 136 Å². The Balaban J connectivity index is 1.81. The second kappa shape index (κ2) is 8.12. The van der Waals surface area contributed by atoms with Crippen LogP contribution in [-0.4, -0.2) is 48.4 Å². The molecule has 122 valence electrons. The van der Waals surface area contributed by atoms with Crippen molar-refractivity contribution in [2.24, 2.45) is 10.9 Å². The fourth-order valence-corrected chi connectivity index (χ4v) is 2.70. The molecule has 1 aromatic rings. The molecule has 0 aliphatic heterocycles. The third-order valence-corrected chi connectivity index (χ3v) is 4.21. The third-order valence-electron chi connectivity index (χ3n) is 3.38. The number of carbonyl (C=O) groups is 1. The van der Waals surface area contributed by atoms with Crippen LogP contribution in [0.1, 0.15) is 30.5 Å². The highest BCUT2D eigenvalue weighted by atomic mass is 32.1. The van der Waals surface area contributed by atoms with Crippen LogP contribution in [0.25, 0.3) is 0 Å². The van der Waals surface area contributed by atoms with Crippen molar-refractivity contribution >= 4 is 23.2 Å². The lowest BCUT2D eigenvalue weighted by molar-refractivity contribution is -0.122. The minimum atomic E-state index is 0.173. The summed E-state index contributed by atoms with van der Waals surface area (Å²) in [7, 11) is 2.00. The number of amides is 1. The summed E-state index contributed by atoms with van der Waals surface area (Å²) < 4.78 is 0. The molecule has 1 aliphatic carbocycles. The van der Waals surface area contributed by atoms with Crippen LogP contribution in [0.15, 0.2) is 10.4 Å². The molecule has 0 radical (unpaired) electrons. The van der Waals surface area contributed by atoms with Crippen molar-refractivity contribution in [3.8, 4) is 0 Å². The molecule has 2 rings (SSSR count). The zero-order chi connectivity index (χ0) is 15.9. The van der Waals surface area contributed by atoms with E-state index in [1.165, 1.54) is 0 Å². The maximum atomic E-state index is 11.6. The first-order valence-electron chi connectivity index (χ1n) is 7.78. The second-order valence-electron chi connectivity index (χ2n) is 5.51. The highest BCUT2D eigenvalue weighted by Crippen LogP contribution is 2.28. The monoisotopic (exact) mass is 323 g/mol. The largest absolute Gasteiger partial charge is 0.357 e. The molecular formula is C15H25N5OS. The number of hydrogen-bond acceptors (Lipinski definition) is 4. The minimum Gasteiger partial charge on any atom is -0.357 e. The molecular weight excluding hydrogens is 298 g/mol. The Morgan fingerprint density at radius 1 is 1.50 bits per heavy atom. The first kappa shape index (κ1) is 16.7. The normalized spacial score (nSPS) is 14.8. The van der Waals surface area contributed by atoms with Gasteiger partial charge in [-0.2, -0.15) is 0 Å². The predicted octanol–water partition coefficient (Wildman–Crippen LogP) is 1.38. The van der Waals surface area contributed by atoms with Gasteiger partial charge in [0.1, 0.15) is 0 Å². The van der Waals surface area contributed by atoms with Gasteiger partial charge in [0.25, 0.3) is 0 Å². The standard InChI is InChI=1S/C15H25N5OS/c1-4-16-15(18-8-7-17-14(21)12-5-6-12)20(3)9-13-10-22-11(2)19-13/h10,12H,4-9H2,1-3H3,(H,16,18)(H,17,21). The van der Waals surface area contributed by atoms with Gasteiger partial charge in [-0.3, -0.25) is 9.79 Å². The van der Waals surface area contributed by atoms with E-state index in [1.54, 1.807) is 11.3 Å². The molecule has 0 bridgehead atoms. The summed E-state index contributed by atoms with van der Waals surface area (Å²) in [6.45, 7) is 6.77. The molecule has 0 saturated heterocycles. The molecule has 1 fully saturated rings. The van der Waals surface area contributed by atoms with Crippen LogP contribution in [0.4, 0.5) is 0 Å². The van der Waals surface area contributed by atoms with Crippen molar-refractivity contribution < 1.29 is 4.79 Å². The molecule has 2 N–H and O–H groups in total. The van der Waals surface area contributed by atoms with E-state index >= 15 is 0 Å². The van der Waals surface area contributed by atoms with Crippen LogP contribution < -0.4 is 10.6 Å². The van der Waals surface area contributed by atoms with Crippen molar-refractivity contribution in [3.63, 3.8) is 0 Å². The number of guanidine groups is 1. The van der Waals surface area contributed by atoms with Crippen LogP contribution in [0.3, 0.4) is 0 Å². The van der Waals surface area contributed by atoms with Crippen molar-refractivity contribution in [1.29, 1.82) is 0 Å². The topological polar surface area (TPSA) is 69.6 Å². The zero-order valence-corrected chi connectivity index (χ0v) is 14.4. The number of nitrogens with one attached hydrogen (secondary N) is 2. The number of rotatable bonds is 7. The Morgan fingerprint density at radius 2 is 2.27 bits per heavy atom. The lowest BCUT2D eigenvalue weighted by atomic mass is 10.4. The molecule has 7 heteroatoms. The van der Waals surface area contributed by atoms with Gasteiger partial charge >= 0.3 is 0 Å². The molecule has 1 heterocycles. The third kappa shape index (κ3) is 5.29. The molecule has 0 atom stereocenters. The number of carbonyl (C=O) groups excluding carboxylic acids is 1. The number of aliphatic imine (C=N–C) groups is 1. The lowest BCUT2D eigenvalue weighted by Gasteiger charge is -2.21. The van der Waals surface area contributed by atoms with E-state index in [2.05, 4.69) is 30.9 Å². The summed E-state index contributed by atoms with van der Waals surface area (Å²) in [6.07, 6.45) is 2.07. The molecule has 1 aromatic heterocycles.